The molecule has 2 fully saturated rings. The smallest absolute Gasteiger partial charge is 0.0794 e. The zero-order valence-electron chi connectivity index (χ0n) is 14.9. The topological polar surface area (TPSA) is 4.36 Å². The SMILES string of the molecule is C#[N+]C12CCC3CC(C)(C)CC4=C3C1C(CCC2C)C(C)C4. The Morgan fingerprint density at radius 2 is 1.91 bits per heavy atom. The highest BCUT2D eigenvalue weighted by atomic mass is 14.9. The van der Waals surface area contributed by atoms with Gasteiger partial charge in [0, 0.05) is 12.3 Å². The lowest BCUT2D eigenvalue weighted by Crippen LogP contribution is -2.56. The molecule has 0 radical (unpaired) electrons. The van der Waals surface area contributed by atoms with Crippen molar-refractivity contribution in [3.63, 3.8) is 0 Å². The van der Waals surface area contributed by atoms with Crippen molar-refractivity contribution < 1.29 is 0 Å². The minimum Gasteiger partial charge on any atom is -0.0794 e. The van der Waals surface area contributed by atoms with Crippen LogP contribution in [0.1, 0.15) is 72.6 Å². The van der Waals surface area contributed by atoms with Gasteiger partial charge in [0.05, 0.1) is 5.92 Å². The van der Waals surface area contributed by atoms with E-state index in [1.165, 1.54) is 44.9 Å². The number of hydrogen-bond acceptors (Lipinski definition) is 0. The van der Waals surface area contributed by atoms with Crippen LogP contribution >= 0.6 is 0 Å². The first-order chi connectivity index (χ1) is 10.4. The third-order valence-electron chi connectivity index (χ3n) is 7.86. The summed E-state index contributed by atoms with van der Waals surface area (Å²) in [5, 5.41) is 0. The minimum absolute atomic E-state index is 0.0656. The molecule has 0 N–H and O–H groups in total. The van der Waals surface area contributed by atoms with Crippen LogP contribution in [0.25, 0.3) is 4.85 Å². The standard InChI is InChI=1S/C21H32N/c1-13-10-16-12-20(3,4)11-15-8-9-21(22-5)14(2)6-7-17(13)19(21)18(15)16/h5,13-15,17,19H,6-12H2,1-4H3/q+1. The maximum absolute atomic E-state index is 6.09. The van der Waals surface area contributed by atoms with Gasteiger partial charge in [0.2, 0.25) is 0 Å². The molecule has 0 aromatic heterocycles. The summed E-state index contributed by atoms with van der Waals surface area (Å²) in [4.78, 5) is 4.63. The lowest BCUT2D eigenvalue weighted by atomic mass is 9.45. The lowest BCUT2D eigenvalue weighted by molar-refractivity contribution is 0.0222. The van der Waals surface area contributed by atoms with Crippen molar-refractivity contribution in [1.29, 1.82) is 0 Å². The summed E-state index contributed by atoms with van der Waals surface area (Å²) in [6, 6.07) is 0. The van der Waals surface area contributed by atoms with E-state index < -0.39 is 0 Å². The van der Waals surface area contributed by atoms with Crippen LogP contribution in [0.15, 0.2) is 11.1 Å². The molecule has 1 heteroatoms. The predicted molar refractivity (Wildman–Crippen MR) is 93.0 cm³/mol. The highest BCUT2D eigenvalue weighted by molar-refractivity contribution is 5.37. The van der Waals surface area contributed by atoms with Crippen LogP contribution in [-0.4, -0.2) is 5.54 Å². The van der Waals surface area contributed by atoms with Gasteiger partial charge in [-0.25, -0.2) is 0 Å². The molecule has 0 amide bonds. The van der Waals surface area contributed by atoms with Crippen LogP contribution in [0.2, 0.25) is 0 Å². The summed E-state index contributed by atoms with van der Waals surface area (Å²) in [7, 11) is 0. The lowest BCUT2D eigenvalue weighted by Gasteiger charge is -2.56. The van der Waals surface area contributed by atoms with Gasteiger partial charge < -0.3 is 0 Å². The molecule has 1 nitrogen and oxygen atoms in total. The molecule has 4 aliphatic rings. The van der Waals surface area contributed by atoms with E-state index in [1.807, 2.05) is 11.1 Å². The Hall–Kier alpha value is -0.770. The fourth-order valence-corrected chi connectivity index (χ4v) is 7.01. The second kappa shape index (κ2) is 4.62. The van der Waals surface area contributed by atoms with E-state index in [0.29, 0.717) is 17.3 Å². The third-order valence-corrected chi connectivity index (χ3v) is 7.86. The van der Waals surface area contributed by atoms with Gasteiger partial charge in [-0.3, -0.25) is 0 Å². The van der Waals surface area contributed by atoms with Gasteiger partial charge in [-0.05, 0) is 61.7 Å². The van der Waals surface area contributed by atoms with E-state index in [0.717, 1.165) is 17.8 Å². The van der Waals surface area contributed by atoms with Crippen LogP contribution in [-0.2, 0) is 0 Å². The van der Waals surface area contributed by atoms with Crippen molar-refractivity contribution in [2.45, 2.75) is 78.2 Å². The molecule has 0 aromatic carbocycles. The Morgan fingerprint density at radius 1 is 1.14 bits per heavy atom. The minimum atomic E-state index is 0.0656. The molecule has 0 aliphatic heterocycles. The first-order valence-corrected chi connectivity index (χ1v) is 9.52. The van der Waals surface area contributed by atoms with Crippen molar-refractivity contribution in [3.8, 4) is 6.57 Å². The van der Waals surface area contributed by atoms with Gasteiger partial charge in [-0.1, -0.05) is 43.7 Å². The summed E-state index contributed by atoms with van der Waals surface area (Å²) in [5.74, 6) is 3.83. The van der Waals surface area contributed by atoms with E-state index in [9.17, 15) is 0 Å². The van der Waals surface area contributed by atoms with Crippen molar-refractivity contribution in [1.82, 2.24) is 0 Å². The third kappa shape index (κ3) is 1.82. The Morgan fingerprint density at radius 3 is 2.64 bits per heavy atom. The van der Waals surface area contributed by atoms with Gasteiger partial charge in [0.1, 0.15) is 0 Å². The van der Waals surface area contributed by atoms with Crippen molar-refractivity contribution >= 4 is 0 Å². The molecule has 0 aromatic rings. The first-order valence-electron chi connectivity index (χ1n) is 9.52. The largest absolute Gasteiger partial charge is 0.289 e. The zero-order chi connectivity index (χ0) is 15.7. The number of hydrogen-bond donors (Lipinski definition) is 0. The van der Waals surface area contributed by atoms with E-state index in [2.05, 4.69) is 32.5 Å². The van der Waals surface area contributed by atoms with Crippen LogP contribution in [0.3, 0.4) is 0 Å². The van der Waals surface area contributed by atoms with E-state index >= 15 is 0 Å². The van der Waals surface area contributed by atoms with Crippen LogP contribution in [0.4, 0.5) is 0 Å². The molecule has 6 unspecified atom stereocenters. The Labute approximate surface area is 136 Å². The molecule has 22 heavy (non-hydrogen) atoms. The van der Waals surface area contributed by atoms with Crippen molar-refractivity contribution in [2.24, 2.45) is 35.0 Å². The first kappa shape index (κ1) is 14.8. The Balaban J connectivity index is 1.88. The predicted octanol–water partition coefficient (Wildman–Crippen LogP) is 5.92. The monoisotopic (exact) mass is 298 g/mol. The molecule has 0 heterocycles. The molecule has 4 aliphatic carbocycles. The van der Waals surface area contributed by atoms with Gasteiger partial charge in [-0.2, -0.15) is 0 Å². The second-order valence-corrected chi connectivity index (χ2v) is 9.76. The summed E-state index contributed by atoms with van der Waals surface area (Å²) in [5.41, 5.74) is 4.23. The van der Waals surface area contributed by atoms with Crippen molar-refractivity contribution in [3.05, 3.63) is 16.0 Å². The van der Waals surface area contributed by atoms with Gasteiger partial charge >= 0.3 is 0 Å². The zero-order valence-corrected chi connectivity index (χ0v) is 14.9. The Kier molecular flexibility index (Phi) is 3.11. The molecular formula is C21H32N+. The molecule has 0 spiro atoms. The highest BCUT2D eigenvalue weighted by Gasteiger charge is 2.65. The van der Waals surface area contributed by atoms with E-state index in [4.69, 9.17) is 6.57 Å². The average molecular weight is 298 g/mol. The molecule has 2 saturated carbocycles. The summed E-state index contributed by atoms with van der Waals surface area (Å²) in [6.45, 7) is 16.0. The number of nitrogens with zero attached hydrogens (tertiary/aromatic N) is 1. The van der Waals surface area contributed by atoms with Crippen molar-refractivity contribution in [2.75, 3.05) is 0 Å². The fraction of sp³-hybridized carbons (Fsp3) is 0.857. The van der Waals surface area contributed by atoms with E-state index in [-0.39, 0.29) is 5.54 Å². The van der Waals surface area contributed by atoms with Crippen LogP contribution < -0.4 is 0 Å². The van der Waals surface area contributed by atoms with Crippen LogP contribution in [0, 0.1) is 41.6 Å². The normalized spacial score (nSPS) is 49.3. The fourth-order valence-electron chi connectivity index (χ4n) is 7.01. The summed E-state index contributed by atoms with van der Waals surface area (Å²) in [6.07, 6.45) is 9.34. The Bertz CT molecular complexity index is 563. The molecule has 120 valence electrons. The molecule has 6 atom stereocenters. The highest BCUT2D eigenvalue weighted by Crippen LogP contribution is 2.64. The number of allylic oxidation sites excluding steroid dienone is 1. The second-order valence-electron chi connectivity index (χ2n) is 9.76. The average Bonchev–Trinajstić information content (AvgIpc) is 2.45. The van der Waals surface area contributed by atoms with Crippen LogP contribution in [0.5, 0.6) is 0 Å². The maximum atomic E-state index is 6.09. The van der Waals surface area contributed by atoms with Gasteiger partial charge in [0.15, 0.2) is 0 Å². The van der Waals surface area contributed by atoms with E-state index in [1.54, 1.807) is 0 Å². The van der Waals surface area contributed by atoms with Gasteiger partial charge in [0.25, 0.3) is 12.1 Å². The summed E-state index contributed by atoms with van der Waals surface area (Å²) >= 11 is 0. The van der Waals surface area contributed by atoms with Gasteiger partial charge in [-0.15, -0.1) is 0 Å². The molecule has 0 saturated heterocycles. The maximum Gasteiger partial charge on any atom is 0.289 e. The molecule has 0 bridgehead atoms. The summed E-state index contributed by atoms with van der Waals surface area (Å²) < 4.78 is 0. The number of rotatable bonds is 0. The quantitative estimate of drug-likeness (QED) is 0.489. The molecule has 4 rings (SSSR count). The molecular weight excluding hydrogens is 266 g/mol.